The minimum Gasteiger partial charge on any atom is -0.310 e. The highest BCUT2D eigenvalue weighted by atomic mass is 32.1. The number of thiophene rings is 3. The molecule has 0 unspecified atom stereocenters. The summed E-state index contributed by atoms with van der Waals surface area (Å²) in [7, 11) is 0. The highest BCUT2D eigenvalue weighted by Gasteiger charge is 2.37. The van der Waals surface area contributed by atoms with E-state index in [1.165, 1.54) is 198 Å². The maximum absolute atomic E-state index is 2.45. The summed E-state index contributed by atoms with van der Waals surface area (Å²) in [6.45, 7) is 4.71. The fourth-order valence-electron chi connectivity index (χ4n) is 23.2. The van der Waals surface area contributed by atoms with Gasteiger partial charge in [-0.15, -0.1) is 34.0 Å². The molecule has 9 heteroatoms. The summed E-state index contributed by atoms with van der Waals surface area (Å²) in [5.74, 6) is 0. The van der Waals surface area contributed by atoms with E-state index >= 15 is 0 Å². The molecule has 1 aliphatic rings. The van der Waals surface area contributed by atoms with Gasteiger partial charge >= 0.3 is 0 Å². The number of benzene rings is 23. The Kier molecular flexibility index (Phi) is 21.5. The van der Waals surface area contributed by atoms with E-state index in [0.717, 1.165) is 62.6 Å². The van der Waals surface area contributed by atoms with E-state index in [1.807, 2.05) is 34.0 Å². The monoisotopic (exact) mass is 1940 g/mol. The van der Waals surface area contributed by atoms with E-state index in [0.29, 0.717) is 0 Å². The summed E-state index contributed by atoms with van der Waals surface area (Å²) in [4.78, 5) is 7.19. The number of rotatable bonds is 15. The summed E-state index contributed by atoms with van der Waals surface area (Å²) in [6, 6.07) is 194. The van der Waals surface area contributed by atoms with Gasteiger partial charge in [0.15, 0.2) is 0 Å². The molecule has 0 radical (unpaired) electrons. The zero-order valence-corrected chi connectivity index (χ0v) is 83.7. The van der Waals surface area contributed by atoms with Crippen molar-refractivity contribution in [3.8, 4) is 61.6 Å². The predicted octanol–water partition coefficient (Wildman–Crippen LogP) is 40.3. The molecular formula is C139H94N6S3. The molecule has 0 aliphatic heterocycles. The van der Waals surface area contributed by atoms with Crippen LogP contribution in [0.3, 0.4) is 0 Å². The first-order valence-electron chi connectivity index (χ1n) is 50.6. The van der Waals surface area contributed by atoms with E-state index in [1.54, 1.807) is 0 Å². The molecule has 0 amide bonds. The molecule has 6 nitrogen and oxygen atoms in total. The van der Waals surface area contributed by atoms with Crippen molar-refractivity contribution in [2.45, 2.75) is 19.3 Å². The minimum absolute atomic E-state index is 0.0798. The molecule has 1 aliphatic carbocycles. The Morgan fingerprint density at radius 1 is 0.176 bits per heavy atom. The average molecular weight is 1940 g/mol. The largest absolute Gasteiger partial charge is 0.310 e. The Labute approximate surface area is 869 Å². The SMILES string of the molecule is CC1(C)c2ccccc2-c2ccc(N(c3ccccc3)c3ccc4c5c6sc7ccccc7c6ccc5n(-c5ccccc5)c4c3)cc21.c1ccc(-c2ccc(N(c3ccc(-c4ccccc4)cc3)c3ccc4c5c6sc7ccccc7c6ccc5n(-c5ccccc5)c4c3)cc2)cc1.c1ccc(-c2ccc(N(c3ccc4ccccc4c3)c3ccc4c5c6sc7ccccc7c6ccc5n(-c5ccccc5)c4c3)cc2)cc1. The van der Waals surface area contributed by atoms with Crippen molar-refractivity contribution in [1.29, 1.82) is 0 Å². The van der Waals surface area contributed by atoms with Crippen molar-refractivity contribution in [2.24, 2.45) is 0 Å². The van der Waals surface area contributed by atoms with Gasteiger partial charge in [-0.05, 0) is 248 Å². The topological polar surface area (TPSA) is 24.5 Å². The van der Waals surface area contributed by atoms with Crippen LogP contribution in [0.5, 0.6) is 0 Å². The van der Waals surface area contributed by atoms with Crippen LogP contribution in [0, 0.1) is 0 Å². The van der Waals surface area contributed by atoms with Crippen molar-refractivity contribution >= 4 is 222 Å². The molecule has 0 atom stereocenters. The summed E-state index contributed by atoms with van der Waals surface area (Å²) in [5.41, 5.74) is 33.4. The number of hydrogen-bond donors (Lipinski definition) is 0. The second kappa shape index (κ2) is 36.3. The van der Waals surface area contributed by atoms with E-state index in [9.17, 15) is 0 Å². The van der Waals surface area contributed by atoms with Crippen LogP contribution in [0.2, 0.25) is 0 Å². The van der Waals surface area contributed by atoms with Gasteiger partial charge in [-0.2, -0.15) is 0 Å². The van der Waals surface area contributed by atoms with Crippen LogP contribution in [0.4, 0.5) is 51.2 Å². The van der Waals surface area contributed by atoms with Crippen LogP contribution < -0.4 is 14.7 Å². The van der Waals surface area contributed by atoms with Gasteiger partial charge in [0.05, 0.1) is 33.1 Å². The van der Waals surface area contributed by atoms with Crippen LogP contribution in [-0.2, 0) is 5.41 Å². The first kappa shape index (κ1) is 87.6. The Hall–Kier alpha value is -18.2. The summed E-state index contributed by atoms with van der Waals surface area (Å²) in [5, 5.41) is 18.1. The Bertz CT molecular complexity index is 10100. The maximum atomic E-state index is 2.45. The molecule has 0 saturated carbocycles. The molecule has 29 aromatic rings. The van der Waals surface area contributed by atoms with Crippen LogP contribution in [0.1, 0.15) is 25.0 Å². The fourth-order valence-corrected chi connectivity index (χ4v) is 26.9. The zero-order valence-electron chi connectivity index (χ0n) is 81.2. The number of anilines is 9. The number of aromatic nitrogens is 3. The lowest BCUT2D eigenvalue weighted by Gasteiger charge is -2.28. The normalized spacial score (nSPS) is 12.2. The quantitative estimate of drug-likeness (QED) is 0.102. The molecule has 0 N–H and O–H groups in total. The van der Waals surface area contributed by atoms with Gasteiger partial charge in [-0.25, -0.2) is 0 Å². The molecule has 148 heavy (non-hydrogen) atoms. The standard InChI is InChI=1S/C48H32N2S.C46H30N2S.C45H32N2S/c1-4-12-33(13-5-1)35-20-24-38(25-21-35)49(39-26-22-36(23-27-39)34-14-6-2-7-15-34)40-28-29-43-45(32-40)50(37-16-8-3-9-17-37)44-31-30-42-41-18-10-11-19-46(41)51-48(42)47(43)44;1-3-11-31(12-4-1)33-19-22-36(23-20-33)47(37-24-21-32-13-7-8-14-34(32)29-37)38-25-26-41-43(30-38)48(35-15-5-2-6-16-35)42-28-27-40-39-17-9-10-18-44(39)49-46(40)45(41)42;1-45(2)38-19-11-9-17-33(38)34-23-21-31(27-39(34)45)46(29-13-5-3-6-14-29)32-22-24-37-41(28-32)47(30-15-7-4-8-16-30)40-26-25-36-35-18-10-12-20-42(35)48-44(36)43(37)40/h1-32H;1-30H;3-28H,1-2H3. The zero-order chi connectivity index (χ0) is 98.0. The number of fused-ring (bicyclic) bond motifs is 25. The van der Waals surface area contributed by atoms with Crippen molar-refractivity contribution in [3.05, 3.63) is 545 Å². The van der Waals surface area contributed by atoms with Gasteiger partial charge in [0.1, 0.15) is 0 Å². The second-order valence-electron chi connectivity index (χ2n) is 38.9. The van der Waals surface area contributed by atoms with E-state index in [2.05, 4.69) is 576 Å². The van der Waals surface area contributed by atoms with Gasteiger partial charge in [-0.1, -0.05) is 366 Å². The lowest BCUT2D eigenvalue weighted by Crippen LogP contribution is -2.16. The van der Waals surface area contributed by atoms with Crippen molar-refractivity contribution < 1.29 is 0 Å². The Morgan fingerprint density at radius 2 is 0.446 bits per heavy atom. The third-order valence-corrected chi connectivity index (χ3v) is 33.7. The third kappa shape index (κ3) is 14.9. The molecule has 0 saturated heterocycles. The maximum Gasteiger partial charge on any atom is 0.0562 e. The third-order valence-electron chi connectivity index (χ3n) is 30.1. The molecule has 0 bridgehead atoms. The molecule has 0 fully saturated rings. The summed E-state index contributed by atoms with van der Waals surface area (Å²) < 4.78 is 15.3. The van der Waals surface area contributed by atoms with E-state index < -0.39 is 0 Å². The van der Waals surface area contributed by atoms with E-state index in [-0.39, 0.29) is 5.41 Å². The lowest BCUT2D eigenvalue weighted by atomic mass is 9.82. The van der Waals surface area contributed by atoms with Gasteiger partial charge in [0, 0.05) is 166 Å². The minimum atomic E-state index is -0.0798. The number of nitrogens with zero attached hydrogens (tertiary/aromatic N) is 6. The van der Waals surface area contributed by atoms with Crippen LogP contribution in [0.15, 0.2) is 534 Å². The van der Waals surface area contributed by atoms with E-state index in [4.69, 9.17) is 0 Å². The fraction of sp³-hybridized carbons (Fsp3) is 0.0216. The van der Waals surface area contributed by atoms with Gasteiger partial charge in [-0.3, -0.25) is 0 Å². The molecular weight excluding hydrogens is 1850 g/mol. The molecule has 6 heterocycles. The molecule has 6 aromatic heterocycles. The Morgan fingerprint density at radius 3 is 0.838 bits per heavy atom. The van der Waals surface area contributed by atoms with Crippen molar-refractivity contribution in [3.63, 3.8) is 0 Å². The molecule has 23 aromatic carbocycles. The predicted molar refractivity (Wildman–Crippen MR) is 636 cm³/mol. The van der Waals surface area contributed by atoms with Gasteiger partial charge in [0.2, 0.25) is 0 Å². The van der Waals surface area contributed by atoms with Gasteiger partial charge in [0.25, 0.3) is 0 Å². The first-order valence-corrected chi connectivity index (χ1v) is 53.1. The van der Waals surface area contributed by atoms with Crippen molar-refractivity contribution in [2.75, 3.05) is 14.7 Å². The first-order chi connectivity index (χ1) is 73.2. The second-order valence-corrected chi connectivity index (χ2v) is 42.1. The number of hydrogen-bond acceptors (Lipinski definition) is 6. The van der Waals surface area contributed by atoms with Crippen LogP contribution in [-0.4, -0.2) is 13.7 Å². The highest BCUT2D eigenvalue weighted by Crippen LogP contribution is 2.55. The smallest absolute Gasteiger partial charge is 0.0562 e. The summed E-state index contributed by atoms with van der Waals surface area (Å²) >= 11 is 5.69. The Balaban J connectivity index is 0.000000107. The van der Waals surface area contributed by atoms with Crippen LogP contribution in [0.25, 0.3) is 198 Å². The molecule has 0 spiro atoms. The van der Waals surface area contributed by atoms with Crippen LogP contribution >= 0.6 is 34.0 Å². The highest BCUT2D eigenvalue weighted by molar-refractivity contribution is 7.27. The number of para-hydroxylation sites is 4. The summed E-state index contributed by atoms with van der Waals surface area (Å²) in [6.07, 6.45) is 0. The van der Waals surface area contributed by atoms with Gasteiger partial charge < -0.3 is 28.4 Å². The van der Waals surface area contributed by atoms with Crippen molar-refractivity contribution in [1.82, 2.24) is 13.7 Å². The lowest BCUT2D eigenvalue weighted by molar-refractivity contribution is 0.660. The molecule has 30 rings (SSSR count). The average Bonchev–Trinajstić information content (AvgIpc) is 1.56. The molecule has 698 valence electrons.